The summed E-state index contributed by atoms with van der Waals surface area (Å²) in [6.07, 6.45) is 3.32. The highest BCUT2D eigenvalue weighted by atomic mass is 16.5. The van der Waals surface area contributed by atoms with Crippen LogP contribution in [0.5, 0.6) is 5.75 Å². The molecular formula is C19H24N4O2. The number of hydrogen-bond donors (Lipinski definition) is 1. The van der Waals surface area contributed by atoms with Crippen molar-refractivity contribution in [3.63, 3.8) is 0 Å². The van der Waals surface area contributed by atoms with E-state index in [1.807, 2.05) is 29.2 Å². The molecule has 2 heterocycles. The van der Waals surface area contributed by atoms with Crippen LogP contribution in [0.4, 0.5) is 4.79 Å². The molecule has 0 atom stereocenters. The summed E-state index contributed by atoms with van der Waals surface area (Å²) in [6, 6.07) is 10.1. The third-order valence-electron chi connectivity index (χ3n) is 4.95. The van der Waals surface area contributed by atoms with Gasteiger partial charge in [0, 0.05) is 19.0 Å². The van der Waals surface area contributed by atoms with Crippen molar-refractivity contribution >= 4 is 6.03 Å². The highest BCUT2D eigenvalue weighted by molar-refractivity contribution is 5.74. The number of carbonyl (C=O) groups excluding carboxylic acids is 1. The van der Waals surface area contributed by atoms with Gasteiger partial charge in [-0.05, 0) is 43.0 Å². The molecule has 1 N–H and O–H groups in total. The number of ether oxygens (including phenoxy) is 1. The van der Waals surface area contributed by atoms with Crippen LogP contribution in [0.2, 0.25) is 0 Å². The van der Waals surface area contributed by atoms with Crippen LogP contribution in [0.15, 0.2) is 30.3 Å². The third-order valence-corrected chi connectivity index (χ3v) is 4.95. The standard InChI is InChI=1S/C19H24N4O2/c1-25-17-6-2-14(3-7-17)8-9-20-19(24)22-10-11-23-16(13-22)12-18(21-23)15-4-5-15/h2-3,6-7,12,15H,4-5,8-11,13H2,1H3,(H,20,24). The summed E-state index contributed by atoms with van der Waals surface area (Å²) in [4.78, 5) is 14.3. The molecule has 0 unspecified atom stereocenters. The van der Waals surface area contributed by atoms with Crippen molar-refractivity contribution in [1.82, 2.24) is 20.0 Å². The molecule has 1 saturated carbocycles. The minimum atomic E-state index is 0.00827. The second kappa shape index (κ2) is 6.78. The van der Waals surface area contributed by atoms with Crippen LogP contribution in [-0.4, -0.2) is 40.9 Å². The van der Waals surface area contributed by atoms with E-state index >= 15 is 0 Å². The van der Waals surface area contributed by atoms with Crippen molar-refractivity contribution in [1.29, 1.82) is 0 Å². The average molecular weight is 340 g/mol. The predicted octanol–water partition coefficient (Wildman–Crippen LogP) is 2.54. The molecule has 1 fully saturated rings. The summed E-state index contributed by atoms with van der Waals surface area (Å²) >= 11 is 0. The zero-order valence-electron chi connectivity index (χ0n) is 14.6. The molecule has 1 aliphatic carbocycles. The third kappa shape index (κ3) is 3.62. The summed E-state index contributed by atoms with van der Waals surface area (Å²) in [5.41, 5.74) is 3.54. The lowest BCUT2D eigenvalue weighted by Gasteiger charge is -2.27. The lowest BCUT2D eigenvalue weighted by Crippen LogP contribution is -2.44. The maximum absolute atomic E-state index is 12.4. The van der Waals surface area contributed by atoms with Gasteiger partial charge in [0.1, 0.15) is 5.75 Å². The van der Waals surface area contributed by atoms with Crippen LogP contribution in [0.25, 0.3) is 0 Å². The van der Waals surface area contributed by atoms with E-state index in [4.69, 9.17) is 4.74 Å². The van der Waals surface area contributed by atoms with Crippen LogP contribution in [-0.2, 0) is 19.5 Å². The van der Waals surface area contributed by atoms with E-state index in [9.17, 15) is 4.79 Å². The normalized spacial score (nSPS) is 16.4. The first-order valence-corrected chi connectivity index (χ1v) is 8.95. The highest BCUT2D eigenvalue weighted by Crippen LogP contribution is 2.39. The van der Waals surface area contributed by atoms with E-state index in [-0.39, 0.29) is 6.03 Å². The Morgan fingerprint density at radius 2 is 2.08 bits per heavy atom. The first-order valence-electron chi connectivity index (χ1n) is 8.95. The minimum Gasteiger partial charge on any atom is -0.497 e. The van der Waals surface area contributed by atoms with E-state index in [1.165, 1.54) is 24.1 Å². The number of benzene rings is 1. The Balaban J connectivity index is 1.27. The molecule has 2 aliphatic rings. The van der Waals surface area contributed by atoms with Crippen LogP contribution in [0.3, 0.4) is 0 Å². The zero-order chi connectivity index (χ0) is 17.2. The minimum absolute atomic E-state index is 0.00827. The van der Waals surface area contributed by atoms with Gasteiger partial charge in [0.2, 0.25) is 0 Å². The van der Waals surface area contributed by atoms with Gasteiger partial charge in [0.05, 0.1) is 31.6 Å². The Morgan fingerprint density at radius 3 is 2.80 bits per heavy atom. The number of aromatic nitrogens is 2. The molecular weight excluding hydrogens is 316 g/mol. The van der Waals surface area contributed by atoms with Gasteiger partial charge in [-0.1, -0.05) is 12.1 Å². The van der Waals surface area contributed by atoms with E-state index in [0.717, 1.165) is 24.4 Å². The maximum atomic E-state index is 12.4. The number of rotatable bonds is 5. The molecule has 2 aromatic rings. The number of methoxy groups -OCH3 is 1. The van der Waals surface area contributed by atoms with Crippen molar-refractivity contribution in [3.05, 3.63) is 47.3 Å². The topological polar surface area (TPSA) is 59.4 Å². The highest BCUT2D eigenvalue weighted by Gasteiger charge is 2.29. The number of carbonyl (C=O) groups is 1. The van der Waals surface area contributed by atoms with Crippen LogP contribution < -0.4 is 10.1 Å². The summed E-state index contributed by atoms with van der Waals surface area (Å²) in [7, 11) is 1.66. The monoisotopic (exact) mass is 340 g/mol. The summed E-state index contributed by atoms with van der Waals surface area (Å²) in [6.45, 7) is 2.78. The Morgan fingerprint density at radius 1 is 1.28 bits per heavy atom. The number of nitrogens with zero attached hydrogens (tertiary/aromatic N) is 3. The molecule has 0 saturated heterocycles. The van der Waals surface area contributed by atoms with Gasteiger partial charge in [-0.25, -0.2) is 4.79 Å². The van der Waals surface area contributed by atoms with Gasteiger partial charge in [-0.15, -0.1) is 0 Å². The van der Waals surface area contributed by atoms with Crippen LogP contribution in [0, 0.1) is 0 Å². The van der Waals surface area contributed by atoms with Crippen molar-refractivity contribution in [2.45, 2.75) is 38.3 Å². The Bertz CT molecular complexity index is 749. The zero-order valence-corrected chi connectivity index (χ0v) is 14.6. The fraction of sp³-hybridized carbons (Fsp3) is 0.474. The molecule has 1 aromatic heterocycles. The molecule has 0 radical (unpaired) electrons. The number of amides is 2. The molecule has 4 rings (SSSR count). The summed E-state index contributed by atoms with van der Waals surface area (Å²) in [5, 5.41) is 7.70. The molecule has 0 bridgehead atoms. The Labute approximate surface area is 147 Å². The number of fused-ring (bicyclic) bond motifs is 1. The van der Waals surface area contributed by atoms with Gasteiger partial charge in [-0.2, -0.15) is 5.10 Å². The smallest absolute Gasteiger partial charge is 0.317 e. The molecule has 6 nitrogen and oxygen atoms in total. The van der Waals surface area contributed by atoms with Crippen LogP contribution in [0.1, 0.15) is 35.7 Å². The van der Waals surface area contributed by atoms with Gasteiger partial charge >= 0.3 is 6.03 Å². The molecule has 0 spiro atoms. The number of nitrogens with one attached hydrogen (secondary N) is 1. The van der Waals surface area contributed by atoms with Gasteiger partial charge in [-0.3, -0.25) is 4.68 Å². The fourth-order valence-corrected chi connectivity index (χ4v) is 3.26. The predicted molar refractivity (Wildman–Crippen MR) is 94.7 cm³/mol. The molecule has 132 valence electrons. The Hall–Kier alpha value is -2.50. The lowest BCUT2D eigenvalue weighted by molar-refractivity contribution is 0.181. The number of urea groups is 1. The van der Waals surface area contributed by atoms with Gasteiger partial charge in [0.15, 0.2) is 0 Å². The largest absolute Gasteiger partial charge is 0.497 e. The lowest BCUT2D eigenvalue weighted by atomic mass is 10.1. The molecule has 2 amide bonds. The molecule has 25 heavy (non-hydrogen) atoms. The second-order valence-electron chi connectivity index (χ2n) is 6.81. The van der Waals surface area contributed by atoms with Gasteiger partial charge < -0.3 is 15.0 Å². The van der Waals surface area contributed by atoms with Crippen molar-refractivity contribution in [2.24, 2.45) is 0 Å². The van der Waals surface area contributed by atoms with E-state index in [0.29, 0.717) is 25.6 Å². The first kappa shape index (κ1) is 16.0. The molecule has 6 heteroatoms. The first-order chi connectivity index (χ1) is 12.2. The van der Waals surface area contributed by atoms with Crippen molar-refractivity contribution < 1.29 is 9.53 Å². The van der Waals surface area contributed by atoms with Crippen molar-refractivity contribution in [3.8, 4) is 5.75 Å². The van der Waals surface area contributed by atoms with E-state index in [2.05, 4.69) is 21.2 Å². The molecule has 1 aromatic carbocycles. The fourth-order valence-electron chi connectivity index (χ4n) is 3.26. The van der Waals surface area contributed by atoms with Gasteiger partial charge in [0.25, 0.3) is 0 Å². The second-order valence-corrected chi connectivity index (χ2v) is 6.81. The maximum Gasteiger partial charge on any atom is 0.317 e. The summed E-state index contributed by atoms with van der Waals surface area (Å²) in [5.74, 6) is 1.51. The summed E-state index contributed by atoms with van der Waals surface area (Å²) < 4.78 is 7.22. The number of hydrogen-bond acceptors (Lipinski definition) is 3. The SMILES string of the molecule is COc1ccc(CCNC(=O)N2CCn3nc(C4CC4)cc3C2)cc1. The van der Waals surface area contributed by atoms with E-state index < -0.39 is 0 Å². The average Bonchev–Trinajstić information content (AvgIpc) is 3.41. The van der Waals surface area contributed by atoms with E-state index in [1.54, 1.807) is 7.11 Å². The van der Waals surface area contributed by atoms with Crippen molar-refractivity contribution in [2.75, 3.05) is 20.2 Å². The Kier molecular flexibility index (Phi) is 4.34. The quantitative estimate of drug-likeness (QED) is 0.910. The van der Waals surface area contributed by atoms with Crippen LogP contribution >= 0.6 is 0 Å². The molecule has 1 aliphatic heterocycles.